The Labute approximate surface area is 115 Å². The van der Waals surface area contributed by atoms with Gasteiger partial charge >= 0.3 is 0 Å². The van der Waals surface area contributed by atoms with Gasteiger partial charge in [0.05, 0.1) is 7.11 Å². The fourth-order valence-electron chi connectivity index (χ4n) is 2.25. The normalized spacial score (nSPS) is 12.2. The molecule has 2 rings (SSSR count). The van der Waals surface area contributed by atoms with E-state index in [1.54, 1.807) is 7.11 Å². The SMILES string of the molecule is CNC(C)c1ccc(OC)c(-c2ccccc2C)c1. The quantitative estimate of drug-likeness (QED) is 0.893. The molecule has 1 atom stereocenters. The molecule has 2 nitrogen and oxygen atoms in total. The maximum atomic E-state index is 5.50. The molecule has 0 saturated heterocycles. The smallest absolute Gasteiger partial charge is 0.126 e. The second-order valence-electron chi connectivity index (χ2n) is 4.79. The van der Waals surface area contributed by atoms with Crippen molar-refractivity contribution in [1.82, 2.24) is 5.32 Å². The van der Waals surface area contributed by atoms with Crippen LogP contribution in [0.15, 0.2) is 42.5 Å². The number of hydrogen-bond acceptors (Lipinski definition) is 2. The predicted molar refractivity (Wildman–Crippen MR) is 80.6 cm³/mol. The Morgan fingerprint density at radius 3 is 2.42 bits per heavy atom. The van der Waals surface area contributed by atoms with Crippen LogP contribution in [0.5, 0.6) is 5.75 Å². The van der Waals surface area contributed by atoms with Gasteiger partial charge in [-0.3, -0.25) is 0 Å². The molecule has 0 heterocycles. The zero-order valence-electron chi connectivity index (χ0n) is 12.0. The average molecular weight is 255 g/mol. The Hall–Kier alpha value is -1.80. The number of rotatable bonds is 4. The van der Waals surface area contributed by atoms with Gasteiger partial charge in [-0.15, -0.1) is 0 Å². The summed E-state index contributed by atoms with van der Waals surface area (Å²) in [5.41, 5.74) is 4.90. The van der Waals surface area contributed by atoms with E-state index >= 15 is 0 Å². The lowest BCUT2D eigenvalue weighted by Gasteiger charge is -2.16. The van der Waals surface area contributed by atoms with Gasteiger partial charge in [-0.2, -0.15) is 0 Å². The van der Waals surface area contributed by atoms with Crippen molar-refractivity contribution >= 4 is 0 Å². The summed E-state index contributed by atoms with van der Waals surface area (Å²) in [6.07, 6.45) is 0. The molecule has 2 aromatic carbocycles. The van der Waals surface area contributed by atoms with Crippen molar-refractivity contribution in [2.75, 3.05) is 14.2 Å². The lowest BCUT2D eigenvalue weighted by molar-refractivity contribution is 0.416. The molecule has 0 saturated carbocycles. The second-order valence-corrected chi connectivity index (χ2v) is 4.79. The Morgan fingerprint density at radius 2 is 1.79 bits per heavy atom. The van der Waals surface area contributed by atoms with Gasteiger partial charge in [-0.1, -0.05) is 30.3 Å². The van der Waals surface area contributed by atoms with Crippen molar-refractivity contribution < 1.29 is 4.74 Å². The molecule has 0 aliphatic carbocycles. The fourth-order valence-corrected chi connectivity index (χ4v) is 2.25. The third-order valence-corrected chi connectivity index (χ3v) is 3.59. The van der Waals surface area contributed by atoms with Crippen LogP contribution in [-0.4, -0.2) is 14.2 Å². The zero-order valence-corrected chi connectivity index (χ0v) is 12.0. The Bertz CT molecular complexity index is 563. The molecular weight excluding hydrogens is 234 g/mol. The summed E-state index contributed by atoms with van der Waals surface area (Å²) in [5, 5.41) is 3.27. The summed E-state index contributed by atoms with van der Waals surface area (Å²) in [4.78, 5) is 0. The highest BCUT2D eigenvalue weighted by molar-refractivity contribution is 5.74. The van der Waals surface area contributed by atoms with E-state index in [0.717, 1.165) is 11.3 Å². The van der Waals surface area contributed by atoms with Crippen LogP contribution in [0.2, 0.25) is 0 Å². The molecule has 0 fully saturated rings. The molecule has 19 heavy (non-hydrogen) atoms. The first kappa shape index (κ1) is 13.6. The average Bonchev–Trinajstić information content (AvgIpc) is 2.46. The second kappa shape index (κ2) is 5.89. The van der Waals surface area contributed by atoms with Gasteiger partial charge in [0, 0.05) is 11.6 Å². The molecular formula is C17H21NO. The van der Waals surface area contributed by atoms with Crippen molar-refractivity contribution in [1.29, 1.82) is 0 Å². The summed E-state index contributed by atoms with van der Waals surface area (Å²) in [7, 11) is 3.70. The van der Waals surface area contributed by atoms with Gasteiger partial charge < -0.3 is 10.1 Å². The van der Waals surface area contributed by atoms with E-state index in [1.807, 2.05) is 13.1 Å². The van der Waals surface area contributed by atoms with Crippen molar-refractivity contribution in [3.63, 3.8) is 0 Å². The minimum absolute atomic E-state index is 0.327. The highest BCUT2D eigenvalue weighted by Gasteiger charge is 2.11. The molecule has 2 aromatic rings. The van der Waals surface area contributed by atoms with E-state index in [1.165, 1.54) is 16.7 Å². The van der Waals surface area contributed by atoms with Crippen LogP contribution in [-0.2, 0) is 0 Å². The van der Waals surface area contributed by atoms with Crippen LogP contribution < -0.4 is 10.1 Å². The minimum Gasteiger partial charge on any atom is -0.496 e. The third kappa shape index (κ3) is 2.79. The van der Waals surface area contributed by atoms with E-state index < -0.39 is 0 Å². The van der Waals surface area contributed by atoms with Gasteiger partial charge in [-0.05, 0) is 49.7 Å². The van der Waals surface area contributed by atoms with Crippen LogP contribution >= 0.6 is 0 Å². The lowest BCUT2D eigenvalue weighted by atomic mass is 9.96. The number of methoxy groups -OCH3 is 1. The summed E-state index contributed by atoms with van der Waals surface area (Å²) >= 11 is 0. The number of aryl methyl sites for hydroxylation is 1. The fraction of sp³-hybridized carbons (Fsp3) is 0.294. The van der Waals surface area contributed by atoms with E-state index in [0.29, 0.717) is 6.04 Å². The molecule has 2 heteroatoms. The summed E-state index contributed by atoms with van der Waals surface area (Å²) in [6, 6.07) is 15.1. The molecule has 0 aliphatic heterocycles. The van der Waals surface area contributed by atoms with Crippen LogP contribution in [0.4, 0.5) is 0 Å². The third-order valence-electron chi connectivity index (χ3n) is 3.59. The van der Waals surface area contributed by atoms with Gasteiger partial charge in [0.25, 0.3) is 0 Å². The maximum absolute atomic E-state index is 5.50. The molecule has 0 spiro atoms. The standard InChI is InChI=1S/C17H21NO/c1-12-7-5-6-8-15(12)16-11-14(13(2)18-3)9-10-17(16)19-4/h5-11,13,18H,1-4H3. The minimum atomic E-state index is 0.327. The Balaban J connectivity index is 2.57. The van der Waals surface area contributed by atoms with Crippen molar-refractivity contribution in [2.45, 2.75) is 19.9 Å². The van der Waals surface area contributed by atoms with E-state index in [9.17, 15) is 0 Å². The van der Waals surface area contributed by atoms with Crippen molar-refractivity contribution in [2.24, 2.45) is 0 Å². The monoisotopic (exact) mass is 255 g/mol. The largest absolute Gasteiger partial charge is 0.496 e. The summed E-state index contributed by atoms with van der Waals surface area (Å²) in [6.45, 7) is 4.28. The zero-order chi connectivity index (χ0) is 13.8. The first-order valence-electron chi connectivity index (χ1n) is 6.58. The molecule has 0 amide bonds. The van der Waals surface area contributed by atoms with E-state index in [4.69, 9.17) is 4.74 Å². The topological polar surface area (TPSA) is 21.3 Å². The maximum Gasteiger partial charge on any atom is 0.126 e. The Morgan fingerprint density at radius 1 is 1.05 bits per heavy atom. The first-order valence-corrected chi connectivity index (χ1v) is 6.58. The molecule has 0 aromatic heterocycles. The highest BCUT2D eigenvalue weighted by Crippen LogP contribution is 2.34. The van der Waals surface area contributed by atoms with Crippen LogP contribution in [0.1, 0.15) is 24.1 Å². The van der Waals surface area contributed by atoms with Crippen molar-refractivity contribution in [3.8, 4) is 16.9 Å². The molecule has 1 unspecified atom stereocenters. The molecule has 0 bridgehead atoms. The summed E-state index contributed by atoms with van der Waals surface area (Å²) < 4.78 is 5.50. The van der Waals surface area contributed by atoms with Gasteiger partial charge in [0.15, 0.2) is 0 Å². The molecule has 1 N–H and O–H groups in total. The van der Waals surface area contributed by atoms with Gasteiger partial charge in [-0.25, -0.2) is 0 Å². The number of nitrogens with one attached hydrogen (secondary N) is 1. The molecule has 0 radical (unpaired) electrons. The van der Waals surface area contributed by atoms with E-state index in [-0.39, 0.29) is 0 Å². The molecule has 100 valence electrons. The van der Waals surface area contributed by atoms with Gasteiger partial charge in [0.1, 0.15) is 5.75 Å². The number of hydrogen-bond donors (Lipinski definition) is 1. The van der Waals surface area contributed by atoms with Crippen LogP contribution in [0.25, 0.3) is 11.1 Å². The Kier molecular flexibility index (Phi) is 4.23. The van der Waals surface area contributed by atoms with Gasteiger partial charge in [0.2, 0.25) is 0 Å². The summed E-state index contributed by atoms with van der Waals surface area (Å²) in [5.74, 6) is 0.918. The number of benzene rings is 2. The first-order chi connectivity index (χ1) is 9.17. The van der Waals surface area contributed by atoms with E-state index in [2.05, 4.69) is 55.6 Å². The molecule has 0 aliphatic rings. The predicted octanol–water partition coefficient (Wildman–Crippen LogP) is 3.95. The van der Waals surface area contributed by atoms with Crippen LogP contribution in [0.3, 0.4) is 0 Å². The van der Waals surface area contributed by atoms with Crippen LogP contribution in [0, 0.1) is 6.92 Å². The van der Waals surface area contributed by atoms with Crippen molar-refractivity contribution in [3.05, 3.63) is 53.6 Å². The lowest BCUT2D eigenvalue weighted by Crippen LogP contribution is -2.12. The number of ether oxygens (including phenoxy) is 1. The highest BCUT2D eigenvalue weighted by atomic mass is 16.5.